The number of hydrogen-bond acceptors (Lipinski definition) is 3. The van der Waals surface area contributed by atoms with Crippen molar-refractivity contribution in [3.63, 3.8) is 0 Å². The summed E-state index contributed by atoms with van der Waals surface area (Å²) in [7, 11) is 0. The van der Waals surface area contributed by atoms with Crippen LogP contribution in [0.15, 0.2) is 60.7 Å². The van der Waals surface area contributed by atoms with Gasteiger partial charge in [0.05, 0.1) is 12.1 Å². The maximum Gasteiger partial charge on any atom is 0.222 e. The fourth-order valence-electron chi connectivity index (χ4n) is 3.16. The number of benzene rings is 2. The van der Waals surface area contributed by atoms with Gasteiger partial charge in [0.2, 0.25) is 5.91 Å². The Hall–Kier alpha value is -2.17. The minimum absolute atomic E-state index is 0.0362. The fraction of sp³-hybridized carbons (Fsp3) is 0.350. The lowest BCUT2D eigenvalue weighted by Crippen LogP contribution is -2.33. The van der Waals surface area contributed by atoms with Crippen molar-refractivity contribution in [3.05, 3.63) is 71.8 Å². The summed E-state index contributed by atoms with van der Waals surface area (Å²) in [6, 6.07) is 19.9. The molecule has 126 valence electrons. The van der Waals surface area contributed by atoms with Gasteiger partial charge in [-0.15, -0.1) is 0 Å². The Morgan fingerprint density at radius 1 is 1.08 bits per heavy atom. The van der Waals surface area contributed by atoms with Crippen molar-refractivity contribution in [2.45, 2.75) is 25.0 Å². The fourth-order valence-corrected chi connectivity index (χ4v) is 3.16. The summed E-state index contributed by atoms with van der Waals surface area (Å²) in [5.74, 6) is 0.0362. The normalized spacial score (nSPS) is 18.0. The predicted octanol–water partition coefficient (Wildman–Crippen LogP) is 2.35. The van der Waals surface area contributed by atoms with E-state index in [0.29, 0.717) is 19.5 Å². The summed E-state index contributed by atoms with van der Waals surface area (Å²) in [6.07, 6.45) is 1.01. The third-order valence-electron chi connectivity index (χ3n) is 4.47. The van der Waals surface area contributed by atoms with Gasteiger partial charge in [0.1, 0.15) is 0 Å². The summed E-state index contributed by atoms with van der Waals surface area (Å²) in [5.41, 5.74) is 2.15. The molecule has 4 nitrogen and oxygen atoms in total. The highest BCUT2D eigenvalue weighted by atomic mass is 16.3. The van der Waals surface area contributed by atoms with Crippen LogP contribution in [0.5, 0.6) is 0 Å². The van der Waals surface area contributed by atoms with Crippen LogP contribution < -0.4 is 5.32 Å². The highest BCUT2D eigenvalue weighted by Gasteiger charge is 2.21. The van der Waals surface area contributed by atoms with Gasteiger partial charge in [0.15, 0.2) is 0 Å². The molecule has 1 fully saturated rings. The SMILES string of the molecule is O=C(CCN1CC[C@H](O)C1)NC(c1ccccc1)c1ccccc1. The standard InChI is InChI=1S/C20H24N2O2/c23-18-11-13-22(15-18)14-12-19(24)21-20(16-7-3-1-4-8-16)17-9-5-2-6-10-17/h1-10,18,20,23H,11-15H2,(H,21,24)/t18-/m0/s1. The van der Waals surface area contributed by atoms with Crippen molar-refractivity contribution in [2.75, 3.05) is 19.6 Å². The van der Waals surface area contributed by atoms with Gasteiger partial charge in [-0.25, -0.2) is 0 Å². The molecule has 1 saturated heterocycles. The molecule has 2 aromatic carbocycles. The van der Waals surface area contributed by atoms with Gasteiger partial charge in [-0.1, -0.05) is 60.7 Å². The van der Waals surface area contributed by atoms with Crippen molar-refractivity contribution in [1.29, 1.82) is 0 Å². The summed E-state index contributed by atoms with van der Waals surface area (Å²) >= 11 is 0. The van der Waals surface area contributed by atoms with E-state index in [1.807, 2.05) is 60.7 Å². The first-order valence-corrected chi connectivity index (χ1v) is 8.52. The number of aliphatic hydroxyl groups excluding tert-OH is 1. The quantitative estimate of drug-likeness (QED) is 0.857. The molecular weight excluding hydrogens is 300 g/mol. The zero-order chi connectivity index (χ0) is 16.8. The van der Waals surface area contributed by atoms with Crippen LogP contribution in [0.3, 0.4) is 0 Å². The van der Waals surface area contributed by atoms with Crippen LogP contribution in [0.4, 0.5) is 0 Å². The topological polar surface area (TPSA) is 52.6 Å². The maximum atomic E-state index is 12.4. The number of β-amino-alcohol motifs (C(OH)–C–C–N with tert-alkyl or cyclic N) is 1. The molecule has 24 heavy (non-hydrogen) atoms. The van der Waals surface area contributed by atoms with Gasteiger partial charge in [-0.2, -0.15) is 0 Å². The van der Waals surface area contributed by atoms with E-state index in [-0.39, 0.29) is 18.1 Å². The summed E-state index contributed by atoms with van der Waals surface area (Å²) < 4.78 is 0. The average molecular weight is 324 g/mol. The molecule has 1 atom stereocenters. The lowest BCUT2D eigenvalue weighted by molar-refractivity contribution is -0.121. The van der Waals surface area contributed by atoms with Gasteiger partial charge in [0, 0.05) is 26.1 Å². The monoisotopic (exact) mass is 324 g/mol. The third-order valence-corrected chi connectivity index (χ3v) is 4.47. The number of amides is 1. The molecule has 4 heteroatoms. The molecule has 1 amide bonds. The van der Waals surface area contributed by atoms with Gasteiger partial charge in [-0.3, -0.25) is 4.79 Å². The molecule has 1 heterocycles. The van der Waals surface area contributed by atoms with E-state index in [9.17, 15) is 9.90 Å². The smallest absolute Gasteiger partial charge is 0.222 e. The van der Waals surface area contributed by atoms with Crippen LogP contribution in [0.1, 0.15) is 30.0 Å². The van der Waals surface area contributed by atoms with E-state index in [2.05, 4.69) is 10.2 Å². The zero-order valence-corrected chi connectivity index (χ0v) is 13.8. The Morgan fingerprint density at radius 2 is 1.67 bits per heavy atom. The molecule has 0 radical (unpaired) electrons. The van der Waals surface area contributed by atoms with E-state index >= 15 is 0 Å². The number of hydrogen-bond donors (Lipinski definition) is 2. The summed E-state index contributed by atoms with van der Waals surface area (Å²) in [4.78, 5) is 14.6. The molecule has 1 aliphatic heterocycles. The summed E-state index contributed by atoms with van der Waals surface area (Å²) in [5, 5.41) is 12.7. The van der Waals surface area contributed by atoms with Crippen molar-refractivity contribution in [3.8, 4) is 0 Å². The first-order chi connectivity index (χ1) is 11.7. The molecule has 2 aromatic rings. The van der Waals surface area contributed by atoms with Crippen LogP contribution >= 0.6 is 0 Å². The van der Waals surface area contributed by atoms with E-state index in [1.165, 1.54) is 0 Å². The number of nitrogens with zero attached hydrogens (tertiary/aromatic N) is 1. The Morgan fingerprint density at radius 3 is 2.17 bits per heavy atom. The third kappa shape index (κ3) is 4.43. The number of nitrogens with one attached hydrogen (secondary N) is 1. The van der Waals surface area contributed by atoms with Gasteiger partial charge >= 0.3 is 0 Å². The van der Waals surface area contributed by atoms with E-state index < -0.39 is 0 Å². The number of likely N-dealkylation sites (tertiary alicyclic amines) is 1. The van der Waals surface area contributed by atoms with Crippen LogP contribution in [0.2, 0.25) is 0 Å². The van der Waals surface area contributed by atoms with Gasteiger partial charge < -0.3 is 15.3 Å². The maximum absolute atomic E-state index is 12.4. The Kier molecular flexibility index (Phi) is 5.62. The van der Waals surface area contributed by atoms with E-state index in [4.69, 9.17) is 0 Å². The second kappa shape index (κ2) is 8.08. The number of aliphatic hydroxyl groups is 1. The highest BCUT2D eigenvalue weighted by Crippen LogP contribution is 2.22. The second-order valence-electron chi connectivity index (χ2n) is 6.32. The van der Waals surface area contributed by atoms with Crippen LogP contribution in [0.25, 0.3) is 0 Å². The first kappa shape index (κ1) is 16.7. The van der Waals surface area contributed by atoms with E-state index in [0.717, 1.165) is 24.1 Å². The van der Waals surface area contributed by atoms with Crippen molar-refractivity contribution < 1.29 is 9.90 Å². The van der Waals surface area contributed by atoms with Crippen LogP contribution in [-0.4, -0.2) is 41.7 Å². The molecular formula is C20H24N2O2. The van der Waals surface area contributed by atoms with Crippen molar-refractivity contribution >= 4 is 5.91 Å². The molecule has 0 bridgehead atoms. The van der Waals surface area contributed by atoms with Crippen LogP contribution in [-0.2, 0) is 4.79 Å². The Labute approximate surface area is 143 Å². The molecule has 2 N–H and O–H groups in total. The van der Waals surface area contributed by atoms with Gasteiger partial charge in [0.25, 0.3) is 0 Å². The highest BCUT2D eigenvalue weighted by molar-refractivity contribution is 5.77. The molecule has 0 unspecified atom stereocenters. The Balaban J connectivity index is 1.64. The molecule has 0 aromatic heterocycles. The second-order valence-corrected chi connectivity index (χ2v) is 6.32. The lowest BCUT2D eigenvalue weighted by Gasteiger charge is -2.21. The molecule has 1 aliphatic rings. The minimum Gasteiger partial charge on any atom is -0.392 e. The van der Waals surface area contributed by atoms with E-state index in [1.54, 1.807) is 0 Å². The number of carbonyl (C=O) groups excluding carboxylic acids is 1. The lowest BCUT2D eigenvalue weighted by atomic mass is 9.98. The summed E-state index contributed by atoms with van der Waals surface area (Å²) in [6.45, 7) is 2.24. The van der Waals surface area contributed by atoms with Crippen molar-refractivity contribution in [1.82, 2.24) is 10.2 Å². The Bertz CT molecular complexity index is 606. The van der Waals surface area contributed by atoms with Crippen LogP contribution in [0, 0.1) is 0 Å². The zero-order valence-electron chi connectivity index (χ0n) is 13.8. The largest absolute Gasteiger partial charge is 0.392 e. The number of rotatable bonds is 6. The average Bonchev–Trinajstić information content (AvgIpc) is 3.05. The minimum atomic E-state index is -0.241. The molecule has 0 aliphatic carbocycles. The molecule has 0 spiro atoms. The van der Waals surface area contributed by atoms with Gasteiger partial charge in [-0.05, 0) is 17.5 Å². The first-order valence-electron chi connectivity index (χ1n) is 8.52. The molecule has 3 rings (SSSR count). The van der Waals surface area contributed by atoms with Crippen molar-refractivity contribution in [2.24, 2.45) is 0 Å². The molecule has 0 saturated carbocycles. The predicted molar refractivity (Wildman–Crippen MR) is 94.6 cm³/mol. The number of carbonyl (C=O) groups is 1.